The van der Waals surface area contributed by atoms with Crippen molar-refractivity contribution in [3.63, 3.8) is 0 Å². The molecular formula is C29H31F3N4O3. The Morgan fingerprint density at radius 3 is 2.18 bits per heavy atom. The van der Waals surface area contributed by atoms with E-state index in [2.05, 4.69) is 10.1 Å². The van der Waals surface area contributed by atoms with Crippen LogP contribution in [0.5, 0.6) is 0 Å². The summed E-state index contributed by atoms with van der Waals surface area (Å²) in [7, 11) is 3.17. The second kappa shape index (κ2) is 12.0. The molecule has 0 aliphatic heterocycles. The van der Waals surface area contributed by atoms with Gasteiger partial charge in [-0.15, -0.1) is 0 Å². The summed E-state index contributed by atoms with van der Waals surface area (Å²) in [5, 5.41) is 4.55. The zero-order valence-corrected chi connectivity index (χ0v) is 22.1. The van der Waals surface area contributed by atoms with Gasteiger partial charge in [0.05, 0.1) is 36.1 Å². The number of rotatable bonds is 11. The van der Waals surface area contributed by atoms with Crippen LogP contribution in [0.3, 0.4) is 0 Å². The Labute approximate surface area is 225 Å². The molecule has 0 saturated carbocycles. The first-order valence-electron chi connectivity index (χ1n) is 12.5. The largest absolute Gasteiger partial charge is 0.416 e. The van der Waals surface area contributed by atoms with Crippen molar-refractivity contribution < 1.29 is 27.4 Å². The van der Waals surface area contributed by atoms with E-state index in [4.69, 9.17) is 9.47 Å². The number of methoxy groups -OCH3 is 2. The van der Waals surface area contributed by atoms with Gasteiger partial charge in [0, 0.05) is 39.1 Å². The average Bonchev–Trinajstić information content (AvgIpc) is 3.37. The molecule has 10 heteroatoms. The van der Waals surface area contributed by atoms with Gasteiger partial charge in [-0.05, 0) is 42.7 Å². The number of amides is 1. The van der Waals surface area contributed by atoms with Crippen LogP contribution in [-0.4, -0.2) is 65.9 Å². The van der Waals surface area contributed by atoms with E-state index in [1.165, 1.54) is 12.1 Å². The van der Waals surface area contributed by atoms with E-state index in [0.29, 0.717) is 55.2 Å². The Bertz CT molecular complexity index is 1380. The van der Waals surface area contributed by atoms with Gasteiger partial charge in [0.1, 0.15) is 0 Å². The Hall–Kier alpha value is -3.76. The van der Waals surface area contributed by atoms with Crippen LogP contribution in [0.25, 0.3) is 16.8 Å². The molecule has 0 bridgehead atoms. The Kier molecular flexibility index (Phi) is 8.66. The third-order valence-corrected chi connectivity index (χ3v) is 6.78. The van der Waals surface area contributed by atoms with Gasteiger partial charge in [0.2, 0.25) is 5.91 Å². The van der Waals surface area contributed by atoms with Crippen molar-refractivity contribution >= 4 is 11.6 Å². The molecule has 0 aliphatic rings. The van der Waals surface area contributed by atoms with Gasteiger partial charge in [-0.25, -0.2) is 9.50 Å². The lowest BCUT2D eigenvalue weighted by atomic mass is 9.78. The highest BCUT2D eigenvalue weighted by Crippen LogP contribution is 2.34. The number of hydrogen-bond acceptors (Lipinski definition) is 5. The highest BCUT2D eigenvalue weighted by Gasteiger charge is 2.41. The molecule has 2 aromatic heterocycles. The summed E-state index contributed by atoms with van der Waals surface area (Å²) >= 11 is 0. The maximum Gasteiger partial charge on any atom is 0.416 e. The summed E-state index contributed by atoms with van der Waals surface area (Å²) in [6.07, 6.45) is -0.875. The Morgan fingerprint density at radius 1 is 0.949 bits per heavy atom. The van der Waals surface area contributed by atoms with Crippen molar-refractivity contribution in [3.05, 3.63) is 89.9 Å². The summed E-state index contributed by atoms with van der Waals surface area (Å²) in [6, 6.07) is 16.3. The fraction of sp³-hybridized carbons (Fsp3) is 0.345. The number of carbonyl (C=O) groups is 1. The third-order valence-electron chi connectivity index (χ3n) is 6.78. The van der Waals surface area contributed by atoms with Gasteiger partial charge in [-0.2, -0.15) is 18.3 Å². The van der Waals surface area contributed by atoms with Gasteiger partial charge >= 0.3 is 6.18 Å². The summed E-state index contributed by atoms with van der Waals surface area (Å²) in [5.41, 5.74) is 1.33. The zero-order valence-electron chi connectivity index (χ0n) is 22.1. The lowest BCUT2D eigenvalue weighted by molar-refractivity contribution is -0.138. The molecule has 1 amide bonds. The standard InChI is InChI=1S/C29H31F3N4O3/c1-28(19-21-7-5-4-6-8-21,27(37)35(15-17-38-2)16-18-39-3)25-13-14-33-26-24(20-34-36(25)26)22-9-11-23(12-10-22)29(30,31)32/h4-14,20H,15-19H2,1-3H3. The monoisotopic (exact) mass is 540 g/mol. The normalized spacial score (nSPS) is 13.4. The number of aromatic nitrogens is 3. The van der Waals surface area contributed by atoms with Crippen molar-refractivity contribution in [2.24, 2.45) is 0 Å². The molecule has 206 valence electrons. The van der Waals surface area contributed by atoms with E-state index in [1.54, 1.807) is 42.1 Å². The highest BCUT2D eigenvalue weighted by molar-refractivity contribution is 5.88. The molecule has 0 spiro atoms. The molecule has 2 aromatic carbocycles. The number of hydrogen-bond donors (Lipinski definition) is 0. The maximum absolute atomic E-state index is 14.3. The van der Waals surface area contributed by atoms with Gasteiger partial charge in [0.15, 0.2) is 5.65 Å². The van der Waals surface area contributed by atoms with Crippen molar-refractivity contribution in [2.75, 3.05) is 40.5 Å². The molecule has 39 heavy (non-hydrogen) atoms. The molecule has 0 saturated heterocycles. The van der Waals surface area contributed by atoms with Crippen LogP contribution in [0, 0.1) is 0 Å². The molecule has 1 unspecified atom stereocenters. The van der Waals surface area contributed by atoms with Gasteiger partial charge in [0.25, 0.3) is 0 Å². The minimum Gasteiger partial charge on any atom is -0.383 e. The fourth-order valence-corrected chi connectivity index (χ4v) is 4.70. The number of alkyl halides is 3. The van der Waals surface area contributed by atoms with Crippen LogP contribution in [0.2, 0.25) is 0 Å². The number of fused-ring (bicyclic) bond motifs is 1. The SMILES string of the molecule is COCCN(CCOC)C(=O)C(C)(Cc1ccccc1)c1ccnc2c(-c3ccc(C(F)(F)F)cc3)cnn12. The molecule has 0 radical (unpaired) electrons. The minimum absolute atomic E-state index is 0.125. The third kappa shape index (κ3) is 6.12. The molecule has 1 atom stereocenters. The summed E-state index contributed by atoms with van der Waals surface area (Å²) < 4.78 is 51.4. The molecule has 4 aromatic rings. The topological polar surface area (TPSA) is 69.0 Å². The summed E-state index contributed by atoms with van der Waals surface area (Å²) in [6.45, 7) is 3.37. The zero-order chi connectivity index (χ0) is 28.0. The molecule has 4 rings (SSSR count). The molecular weight excluding hydrogens is 509 g/mol. The van der Waals surface area contributed by atoms with Gasteiger partial charge < -0.3 is 14.4 Å². The molecule has 0 N–H and O–H groups in total. The van der Waals surface area contributed by atoms with E-state index in [-0.39, 0.29) is 5.91 Å². The summed E-state index contributed by atoms with van der Waals surface area (Å²) in [4.78, 5) is 20.5. The first-order chi connectivity index (χ1) is 18.7. The number of halogens is 3. The molecule has 0 fully saturated rings. The first kappa shape index (κ1) is 28.3. The first-order valence-corrected chi connectivity index (χ1v) is 12.5. The lowest BCUT2D eigenvalue weighted by Gasteiger charge is -2.35. The van der Waals surface area contributed by atoms with Crippen LogP contribution >= 0.6 is 0 Å². The van der Waals surface area contributed by atoms with Crippen molar-refractivity contribution in [2.45, 2.75) is 24.9 Å². The Morgan fingerprint density at radius 2 is 1.59 bits per heavy atom. The number of ether oxygens (including phenoxy) is 2. The predicted molar refractivity (Wildman–Crippen MR) is 141 cm³/mol. The number of benzene rings is 2. The van der Waals surface area contributed by atoms with Crippen molar-refractivity contribution in [3.8, 4) is 11.1 Å². The second-order valence-corrected chi connectivity index (χ2v) is 9.47. The number of nitrogens with zero attached hydrogens (tertiary/aromatic N) is 4. The van der Waals surface area contributed by atoms with Crippen LogP contribution in [0.15, 0.2) is 73.1 Å². The van der Waals surface area contributed by atoms with Crippen LogP contribution < -0.4 is 0 Å². The van der Waals surface area contributed by atoms with E-state index in [0.717, 1.165) is 17.7 Å². The van der Waals surface area contributed by atoms with E-state index in [1.807, 2.05) is 37.3 Å². The molecule has 0 aliphatic carbocycles. The van der Waals surface area contributed by atoms with Crippen LogP contribution in [0.1, 0.15) is 23.7 Å². The smallest absolute Gasteiger partial charge is 0.383 e. The fourth-order valence-electron chi connectivity index (χ4n) is 4.70. The quantitative estimate of drug-likeness (QED) is 0.267. The highest BCUT2D eigenvalue weighted by atomic mass is 19.4. The van der Waals surface area contributed by atoms with Crippen LogP contribution in [0.4, 0.5) is 13.2 Å². The van der Waals surface area contributed by atoms with Crippen molar-refractivity contribution in [1.29, 1.82) is 0 Å². The predicted octanol–water partition coefficient (Wildman–Crippen LogP) is 5.04. The van der Waals surface area contributed by atoms with E-state index in [9.17, 15) is 18.0 Å². The van der Waals surface area contributed by atoms with E-state index < -0.39 is 17.2 Å². The second-order valence-electron chi connectivity index (χ2n) is 9.47. The van der Waals surface area contributed by atoms with Crippen molar-refractivity contribution in [1.82, 2.24) is 19.5 Å². The number of carbonyl (C=O) groups excluding carboxylic acids is 1. The lowest BCUT2D eigenvalue weighted by Crippen LogP contribution is -2.49. The molecule has 7 nitrogen and oxygen atoms in total. The minimum atomic E-state index is -4.43. The average molecular weight is 541 g/mol. The van der Waals surface area contributed by atoms with Gasteiger partial charge in [-0.1, -0.05) is 42.5 Å². The van der Waals surface area contributed by atoms with Gasteiger partial charge in [-0.3, -0.25) is 4.79 Å². The van der Waals surface area contributed by atoms with Crippen LogP contribution in [-0.2, 0) is 32.3 Å². The van der Waals surface area contributed by atoms with E-state index >= 15 is 0 Å². The maximum atomic E-state index is 14.3. The molecule has 2 heterocycles. The Balaban J connectivity index is 1.82. The summed E-state index contributed by atoms with van der Waals surface area (Å²) in [5.74, 6) is -0.125.